The highest BCUT2D eigenvalue weighted by Crippen LogP contribution is 2.37. The highest BCUT2D eigenvalue weighted by Gasteiger charge is 2.31. The second-order valence-electron chi connectivity index (χ2n) is 5.16. The third-order valence-corrected chi connectivity index (χ3v) is 5.53. The SMILES string of the molecule is CS(=O)(=O)C1CCCC(C2=CC(O)CC2)C1. The molecule has 3 nitrogen and oxygen atoms in total. The maximum absolute atomic E-state index is 11.5. The van der Waals surface area contributed by atoms with Crippen molar-refractivity contribution in [3.8, 4) is 0 Å². The molecule has 1 fully saturated rings. The second-order valence-corrected chi connectivity index (χ2v) is 7.49. The summed E-state index contributed by atoms with van der Waals surface area (Å²) in [4.78, 5) is 0. The Bertz CT molecular complexity index is 383. The van der Waals surface area contributed by atoms with Crippen molar-refractivity contribution in [3.63, 3.8) is 0 Å². The smallest absolute Gasteiger partial charge is 0.150 e. The van der Waals surface area contributed by atoms with Crippen molar-refractivity contribution in [2.45, 2.75) is 49.9 Å². The lowest BCUT2D eigenvalue weighted by molar-refractivity contribution is 0.223. The molecule has 4 heteroatoms. The molecule has 0 spiro atoms. The molecule has 0 heterocycles. The van der Waals surface area contributed by atoms with E-state index in [0.717, 1.165) is 38.5 Å². The molecule has 0 radical (unpaired) electrons. The minimum atomic E-state index is -2.89. The minimum absolute atomic E-state index is 0.162. The molecule has 3 atom stereocenters. The van der Waals surface area contributed by atoms with Crippen LogP contribution in [-0.2, 0) is 9.84 Å². The first-order chi connectivity index (χ1) is 7.47. The van der Waals surface area contributed by atoms with Gasteiger partial charge in [0.25, 0.3) is 0 Å². The van der Waals surface area contributed by atoms with Gasteiger partial charge in [-0.1, -0.05) is 18.1 Å². The van der Waals surface area contributed by atoms with Gasteiger partial charge in [0, 0.05) is 6.26 Å². The largest absolute Gasteiger partial charge is 0.389 e. The normalized spacial score (nSPS) is 36.1. The van der Waals surface area contributed by atoms with E-state index in [9.17, 15) is 13.5 Å². The van der Waals surface area contributed by atoms with Crippen molar-refractivity contribution in [1.29, 1.82) is 0 Å². The Balaban J connectivity index is 2.05. The zero-order valence-corrected chi connectivity index (χ0v) is 10.5. The van der Waals surface area contributed by atoms with E-state index < -0.39 is 9.84 Å². The molecule has 16 heavy (non-hydrogen) atoms. The zero-order chi connectivity index (χ0) is 11.8. The third-order valence-electron chi connectivity index (χ3n) is 3.89. The van der Waals surface area contributed by atoms with Crippen molar-refractivity contribution in [2.24, 2.45) is 5.92 Å². The van der Waals surface area contributed by atoms with E-state index in [1.54, 1.807) is 0 Å². The quantitative estimate of drug-likeness (QED) is 0.752. The van der Waals surface area contributed by atoms with Gasteiger partial charge in [-0.3, -0.25) is 0 Å². The number of hydrogen-bond acceptors (Lipinski definition) is 3. The molecule has 0 aromatic heterocycles. The third kappa shape index (κ3) is 2.66. The molecular formula is C12H20O3S. The first-order valence-corrected chi connectivity index (χ1v) is 8.00. The number of hydrogen-bond donors (Lipinski definition) is 1. The molecule has 0 aromatic carbocycles. The molecule has 2 rings (SSSR count). The van der Waals surface area contributed by atoms with E-state index in [4.69, 9.17) is 0 Å². The first kappa shape index (κ1) is 12.1. The van der Waals surface area contributed by atoms with Gasteiger partial charge in [0.2, 0.25) is 0 Å². The Morgan fingerprint density at radius 2 is 2.06 bits per heavy atom. The maximum Gasteiger partial charge on any atom is 0.150 e. The van der Waals surface area contributed by atoms with Crippen LogP contribution < -0.4 is 0 Å². The van der Waals surface area contributed by atoms with Gasteiger partial charge < -0.3 is 5.11 Å². The number of rotatable bonds is 2. The number of sulfone groups is 1. The minimum Gasteiger partial charge on any atom is -0.389 e. The first-order valence-electron chi connectivity index (χ1n) is 6.04. The van der Waals surface area contributed by atoms with Crippen LogP contribution in [0.2, 0.25) is 0 Å². The van der Waals surface area contributed by atoms with Crippen molar-refractivity contribution >= 4 is 9.84 Å². The van der Waals surface area contributed by atoms with Crippen LogP contribution in [-0.4, -0.2) is 31.1 Å². The molecule has 2 aliphatic rings. The second kappa shape index (κ2) is 4.49. The molecule has 3 unspecified atom stereocenters. The molecule has 1 N–H and O–H groups in total. The molecular weight excluding hydrogens is 224 g/mol. The van der Waals surface area contributed by atoms with Gasteiger partial charge in [-0.2, -0.15) is 0 Å². The Kier molecular flexibility index (Phi) is 3.40. The summed E-state index contributed by atoms with van der Waals surface area (Å²) in [7, 11) is -2.89. The van der Waals surface area contributed by atoms with Crippen molar-refractivity contribution in [1.82, 2.24) is 0 Å². The lowest BCUT2D eigenvalue weighted by atomic mass is 9.83. The van der Waals surface area contributed by atoms with Gasteiger partial charge in [0.1, 0.15) is 9.84 Å². The molecule has 1 saturated carbocycles. The Morgan fingerprint density at radius 1 is 1.31 bits per heavy atom. The van der Waals surface area contributed by atoms with Crippen LogP contribution in [0.1, 0.15) is 38.5 Å². The highest BCUT2D eigenvalue weighted by atomic mass is 32.2. The van der Waals surface area contributed by atoms with E-state index >= 15 is 0 Å². The fourth-order valence-corrected chi connectivity index (χ4v) is 4.12. The fourth-order valence-electron chi connectivity index (χ4n) is 2.94. The van der Waals surface area contributed by atoms with Crippen LogP contribution >= 0.6 is 0 Å². The van der Waals surface area contributed by atoms with Gasteiger partial charge in [-0.05, 0) is 38.0 Å². The summed E-state index contributed by atoms with van der Waals surface area (Å²) in [6.45, 7) is 0. The van der Waals surface area contributed by atoms with E-state index in [0.29, 0.717) is 5.92 Å². The van der Waals surface area contributed by atoms with Crippen LogP contribution in [0.25, 0.3) is 0 Å². The summed E-state index contributed by atoms with van der Waals surface area (Å²) in [5, 5.41) is 9.30. The monoisotopic (exact) mass is 244 g/mol. The van der Waals surface area contributed by atoms with E-state index in [1.807, 2.05) is 6.08 Å². The van der Waals surface area contributed by atoms with E-state index in [1.165, 1.54) is 11.8 Å². The van der Waals surface area contributed by atoms with Gasteiger partial charge in [0.05, 0.1) is 11.4 Å². The summed E-state index contributed by atoms with van der Waals surface area (Å²) in [6, 6.07) is 0. The van der Waals surface area contributed by atoms with E-state index in [2.05, 4.69) is 0 Å². The molecule has 2 aliphatic carbocycles. The average Bonchev–Trinajstić information content (AvgIpc) is 2.64. The van der Waals surface area contributed by atoms with Crippen LogP contribution in [0, 0.1) is 5.92 Å². The van der Waals surface area contributed by atoms with Crippen LogP contribution in [0.3, 0.4) is 0 Å². The highest BCUT2D eigenvalue weighted by molar-refractivity contribution is 7.91. The predicted molar refractivity (Wildman–Crippen MR) is 63.9 cm³/mol. The summed E-state index contributed by atoms with van der Waals surface area (Å²) < 4.78 is 23.1. The van der Waals surface area contributed by atoms with Gasteiger partial charge in [-0.15, -0.1) is 0 Å². The van der Waals surface area contributed by atoms with Crippen LogP contribution in [0.15, 0.2) is 11.6 Å². The average molecular weight is 244 g/mol. The van der Waals surface area contributed by atoms with Gasteiger partial charge >= 0.3 is 0 Å². The standard InChI is InChI=1S/C12H20O3S/c1-16(14,15)12-4-2-3-9(8-12)10-5-6-11(13)7-10/h7,9,11-13H,2-6,8H2,1H3. The maximum atomic E-state index is 11.5. The molecule has 0 aliphatic heterocycles. The molecule has 0 bridgehead atoms. The fraction of sp³-hybridized carbons (Fsp3) is 0.833. The van der Waals surface area contributed by atoms with E-state index in [-0.39, 0.29) is 11.4 Å². The topological polar surface area (TPSA) is 54.4 Å². The lowest BCUT2D eigenvalue weighted by Crippen LogP contribution is -2.28. The summed E-state index contributed by atoms with van der Waals surface area (Å²) >= 11 is 0. The Hall–Kier alpha value is -0.350. The van der Waals surface area contributed by atoms with Crippen molar-refractivity contribution in [2.75, 3.05) is 6.26 Å². The number of aliphatic hydroxyl groups is 1. The van der Waals surface area contributed by atoms with Crippen molar-refractivity contribution in [3.05, 3.63) is 11.6 Å². The molecule has 0 aromatic rings. The summed E-state index contributed by atoms with van der Waals surface area (Å²) in [5.74, 6) is 0.394. The van der Waals surface area contributed by atoms with Gasteiger partial charge in [0.15, 0.2) is 0 Å². The van der Waals surface area contributed by atoms with Gasteiger partial charge in [-0.25, -0.2) is 8.42 Å². The molecule has 0 amide bonds. The number of aliphatic hydroxyl groups excluding tert-OH is 1. The molecule has 92 valence electrons. The van der Waals surface area contributed by atoms with Crippen molar-refractivity contribution < 1.29 is 13.5 Å². The summed E-state index contributed by atoms with van der Waals surface area (Å²) in [5.41, 5.74) is 1.29. The predicted octanol–water partition coefficient (Wildman–Crippen LogP) is 1.67. The van der Waals surface area contributed by atoms with Crippen LogP contribution in [0.4, 0.5) is 0 Å². The lowest BCUT2D eigenvalue weighted by Gasteiger charge is -2.28. The molecule has 0 saturated heterocycles. The Morgan fingerprint density at radius 3 is 2.62 bits per heavy atom. The Labute approximate surface area is 97.5 Å². The summed E-state index contributed by atoms with van der Waals surface area (Å²) in [6.07, 6.45) is 8.40. The zero-order valence-electron chi connectivity index (χ0n) is 9.72. The number of allylic oxidation sites excluding steroid dienone is 1. The van der Waals surface area contributed by atoms with Crippen LogP contribution in [0.5, 0.6) is 0 Å².